The van der Waals surface area contributed by atoms with E-state index in [9.17, 15) is 13.2 Å². The van der Waals surface area contributed by atoms with Gasteiger partial charge >= 0.3 is 0 Å². The molecule has 1 atom stereocenters. The zero-order valence-corrected chi connectivity index (χ0v) is 19.9. The van der Waals surface area contributed by atoms with Crippen LogP contribution in [-0.2, 0) is 16.6 Å². The van der Waals surface area contributed by atoms with Crippen LogP contribution in [0.4, 0.5) is 5.69 Å². The molecule has 1 aliphatic heterocycles. The Morgan fingerprint density at radius 3 is 2.61 bits per heavy atom. The van der Waals surface area contributed by atoms with Crippen molar-refractivity contribution in [3.63, 3.8) is 0 Å². The van der Waals surface area contributed by atoms with E-state index < -0.39 is 10.0 Å². The highest BCUT2D eigenvalue weighted by Gasteiger charge is 2.26. The van der Waals surface area contributed by atoms with Gasteiger partial charge in [0.1, 0.15) is 0 Å². The van der Waals surface area contributed by atoms with Gasteiger partial charge in [-0.3, -0.25) is 14.4 Å². The Kier molecular flexibility index (Phi) is 7.02. The van der Waals surface area contributed by atoms with Crippen molar-refractivity contribution in [2.75, 3.05) is 17.8 Å². The Morgan fingerprint density at radius 2 is 1.85 bits per heavy atom. The number of carbonyl (C=O) groups is 1. The van der Waals surface area contributed by atoms with Crippen LogP contribution in [0.15, 0.2) is 77.7 Å². The van der Waals surface area contributed by atoms with E-state index in [1.54, 1.807) is 18.2 Å². The lowest BCUT2D eigenvalue weighted by molar-refractivity contribution is 0.0937. The highest BCUT2D eigenvalue weighted by molar-refractivity contribution is 7.92. The van der Waals surface area contributed by atoms with Crippen LogP contribution in [0.25, 0.3) is 0 Å². The van der Waals surface area contributed by atoms with Gasteiger partial charge in [0.25, 0.3) is 15.9 Å². The van der Waals surface area contributed by atoms with Crippen LogP contribution in [0.1, 0.15) is 27.9 Å². The second-order valence-corrected chi connectivity index (χ2v) is 10.4. The second kappa shape index (κ2) is 9.95. The summed E-state index contributed by atoms with van der Waals surface area (Å²) in [6.07, 6.45) is 0.823. The van der Waals surface area contributed by atoms with E-state index >= 15 is 0 Å². The molecule has 0 radical (unpaired) electrons. The van der Waals surface area contributed by atoms with Crippen LogP contribution in [0.2, 0.25) is 5.02 Å². The van der Waals surface area contributed by atoms with E-state index in [0.717, 1.165) is 31.6 Å². The van der Waals surface area contributed by atoms with Crippen LogP contribution < -0.4 is 10.0 Å². The van der Waals surface area contributed by atoms with Crippen molar-refractivity contribution < 1.29 is 13.2 Å². The van der Waals surface area contributed by atoms with Gasteiger partial charge in [0, 0.05) is 31.4 Å². The fraction of sp³-hybridized carbons (Fsp3) is 0.240. The topological polar surface area (TPSA) is 78.5 Å². The highest BCUT2D eigenvalue weighted by Crippen LogP contribution is 2.24. The number of hydrogen-bond donors (Lipinski definition) is 2. The highest BCUT2D eigenvalue weighted by atomic mass is 35.5. The first kappa shape index (κ1) is 23.3. The zero-order chi connectivity index (χ0) is 23.4. The summed E-state index contributed by atoms with van der Waals surface area (Å²) in [5, 5.41) is 3.22. The summed E-state index contributed by atoms with van der Waals surface area (Å²) in [7, 11) is -3.87. The van der Waals surface area contributed by atoms with Crippen molar-refractivity contribution in [1.29, 1.82) is 0 Å². The first-order valence-corrected chi connectivity index (χ1v) is 12.6. The molecule has 3 aromatic carbocycles. The van der Waals surface area contributed by atoms with E-state index in [-0.39, 0.29) is 27.4 Å². The van der Waals surface area contributed by atoms with Crippen LogP contribution >= 0.6 is 11.6 Å². The Labute approximate surface area is 199 Å². The molecular formula is C25H26ClN3O3S. The molecule has 8 heteroatoms. The van der Waals surface area contributed by atoms with Crippen molar-refractivity contribution in [2.45, 2.75) is 30.8 Å². The predicted octanol–water partition coefficient (Wildman–Crippen LogP) is 4.45. The van der Waals surface area contributed by atoms with E-state index in [1.807, 2.05) is 31.2 Å². The van der Waals surface area contributed by atoms with Gasteiger partial charge < -0.3 is 5.32 Å². The maximum Gasteiger partial charge on any atom is 0.261 e. The molecule has 0 spiro atoms. The Morgan fingerprint density at radius 1 is 1.06 bits per heavy atom. The summed E-state index contributed by atoms with van der Waals surface area (Å²) in [5.74, 6) is -0.376. The number of benzene rings is 3. The third-order valence-corrected chi connectivity index (χ3v) is 7.33. The molecule has 172 valence electrons. The molecule has 3 aromatic rings. The smallest absolute Gasteiger partial charge is 0.261 e. The fourth-order valence-electron chi connectivity index (χ4n) is 3.97. The summed E-state index contributed by atoms with van der Waals surface area (Å²) in [6.45, 7) is 4.31. The first-order chi connectivity index (χ1) is 15.8. The number of likely N-dealkylation sites (tertiary alicyclic amines) is 1. The van der Waals surface area contributed by atoms with Gasteiger partial charge in [-0.15, -0.1) is 0 Å². The minimum absolute atomic E-state index is 0.0179. The maximum atomic E-state index is 12.9. The minimum atomic E-state index is -3.87. The normalized spacial score (nSPS) is 16.5. The molecule has 1 fully saturated rings. The monoisotopic (exact) mass is 483 g/mol. The van der Waals surface area contributed by atoms with E-state index in [0.29, 0.717) is 5.69 Å². The van der Waals surface area contributed by atoms with Crippen LogP contribution in [0.3, 0.4) is 0 Å². The van der Waals surface area contributed by atoms with Gasteiger partial charge in [0.15, 0.2) is 0 Å². The van der Waals surface area contributed by atoms with E-state index in [4.69, 9.17) is 11.6 Å². The molecule has 1 heterocycles. The number of rotatable bonds is 7. The Hall–Kier alpha value is -2.87. The molecule has 1 aliphatic rings. The van der Waals surface area contributed by atoms with Gasteiger partial charge in [0.2, 0.25) is 0 Å². The number of carbonyl (C=O) groups excluding carboxylic acids is 1. The lowest BCUT2D eigenvalue weighted by atomic mass is 10.2. The average Bonchev–Trinajstić information content (AvgIpc) is 3.20. The first-order valence-electron chi connectivity index (χ1n) is 10.8. The predicted molar refractivity (Wildman–Crippen MR) is 131 cm³/mol. The fourth-order valence-corrected chi connectivity index (χ4v) is 5.25. The summed E-state index contributed by atoms with van der Waals surface area (Å²) < 4.78 is 28.3. The number of nitrogens with one attached hydrogen (secondary N) is 2. The van der Waals surface area contributed by atoms with Gasteiger partial charge in [0.05, 0.1) is 15.5 Å². The molecule has 1 unspecified atom stereocenters. The third kappa shape index (κ3) is 5.93. The number of anilines is 1. The standard InChI is InChI=1S/C25H26ClN3O3S/c1-18-6-5-9-20(14-18)28-33(31,32)22-10-11-24(26)23(15-22)25(30)27-21-12-13-29(17-21)16-19-7-3-2-4-8-19/h2-11,14-15,21,28H,12-13,16-17H2,1H3,(H,27,30). The molecule has 1 saturated heterocycles. The number of hydrogen-bond acceptors (Lipinski definition) is 4. The van der Waals surface area contributed by atoms with E-state index in [2.05, 4.69) is 27.1 Å². The largest absolute Gasteiger partial charge is 0.348 e. The lowest BCUT2D eigenvalue weighted by Crippen LogP contribution is -2.37. The van der Waals surface area contributed by atoms with Gasteiger partial charge in [-0.1, -0.05) is 54.1 Å². The van der Waals surface area contributed by atoms with Crippen LogP contribution in [0, 0.1) is 6.92 Å². The number of aryl methyl sites for hydroxylation is 1. The molecule has 6 nitrogen and oxygen atoms in total. The van der Waals surface area contributed by atoms with Crippen molar-refractivity contribution in [3.8, 4) is 0 Å². The molecule has 1 amide bonds. The minimum Gasteiger partial charge on any atom is -0.348 e. The zero-order valence-electron chi connectivity index (χ0n) is 18.3. The quantitative estimate of drug-likeness (QED) is 0.520. The summed E-state index contributed by atoms with van der Waals surface area (Å²) >= 11 is 6.26. The number of nitrogens with zero attached hydrogens (tertiary/aromatic N) is 1. The molecule has 0 aliphatic carbocycles. The molecule has 0 bridgehead atoms. The number of sulfonamides is 1. The second-order valence-electron chi connectivity index (χ2n) is 8.30. The summed E-state index contributed by atoms with van der Waals surface area (Å²) in [4.78, 5) is 15.2. The van der Waals surface area contributed by atoms with Gasteiger partial charge in [-0.05, 0) is 54.8 Å². The maximum absolute atomic E-state index is 12.9. The molecule has 2 N–H and O–H groups in total. The Balaban J connectivity index is 1.43. The van der Waals surface area contributed by atoms with Gasteiger partial charge in [-0.2, -0.15) is 0 Å². The SMILES string of the molecule is Cc1cccc(NS(=O)(=O)c2ccc(Cl)c(C(=O)NC3CCN(Cc4ccccc4)C3)c2)c1. The average molecular weight is 484 g/mol. The number of amides is 1. The molecule has 0 saturated carbocycles. The van der Waals surface area contributed by atoms with Crippen LogP contribution in [-0.4, -0.2) is 38.4 Å². The number of halogens is 1. The molecule has 33 heavy (non-hydrogen) atoms. The van der Waals surface area contributed by atoms with E-state index in [1.165, 1.54) is 23.8 Å². The van der Waals surface area contributed by atoms with Gasteiger partial charge in [-0.25, -0.2) is 8.42 Å². The molecule has 4 rings (SSSR count). The summed E-state index contributed by atoms with van der Waals surface area (Å²) in [6, 6.07) is 21.4. The van der Waals surface area contributed by atoms with Crippen molar-refractivity contribution in [1.82, 2.24) is 10.2 Å². The van der Waals surface area contributed by atoms with Crippen molar-refractivity contribution in [3.05, 3.63) is 94.5 Å². The molecular weight excluding hydrogens is 458 g/mol. The van der Waals surface area contributed by atoms with Crippen molar-refractivity contribution >= 4 is 33.2 Å². The summed E-state index contributed by atoms with van der Waals surface area (Å²) in [5.41, 5.74) is 2.77. The van der Waals surface area contributed by atoms with Crippen molar-refractivity contribution in [2.24, 2.45) is 0 Å². The third-order valence-electron chi connectivity index (χ3n) is 5.62. The lowest BCUT2D eigenvalue weighted by Gasteiger charge is -2.17. The van der Waals surface area contributed by atoms with Crippen LogP contribution in [0.5, 0.6) is 0 Å². The molecule has 0 aromatic heterocycles. The Bertz CT molecular complexity index is 1250.